The molecule has 1 aromatic heterocycles. The Morgan fingerprint density at radius 3 is 2.71 bits per heavy atom. The van der Waals surface area contributed by atoms with E-state index >= 15 is 0 Å². The van der Waals surface area contributed by atoms with Crippen LogP contribution in [0.2, 0.25) is 0 Å². The van der Waals surface area contributed by atoms with Crippen LogP contribution in [-0.2, 0) is 11.3 Å². The van der Waals surface area contributed by atoms with Crippen LogP contribution in [0.15, 0.2) is 24.4 Å². The van der Waals surface area contributed by atoms with Gasteiger partial charge >= 0.3 is 6.03 Å². The van der Waals surface area contributed by atoms with Gasteiger partial charge in [-0.25, -0.2) is 4.79 Å². The molecule has 21 heavy (non-hydrogen) atoms. The molecule has 0 saturated carbocycles. The largest absolute Gasteiger partial charge is 0.338 e. The summed E-state index contributed by atoms with van der Waals surface area (Å²) in [6.07, 6.45) is 1.80. The van der Waals surface area contributed by atoms with Gasteiger partial charge < -0.3 is 15.5 Å². The third-order valence-corrected chi connectivity index (χ3v) is 3.87. The van der Waals surface area contributed by atoms with E-state index in [2.05, 4.69) is 20.5 Å². The number of hydrogen-bond acceptors (Lipinski definition) is 4. The van der Waals surface area contributed by atoms with E-state index < -0.39 is 6.04 Å². The summed E-state index contributed by atoms with van der Waals surface area (Å²) in [5.41, 5.74) is 1.05. The highest BCUT2D eigenvalue weighted by atomic mass is 16.2. The first-order chi connectivity index (χ1) is 10.2. The molecule has 2 N–H and O–H groups in total. The quantitative estimate of drug-likeness (QED) is 0.779. The summed E-state index contributed by atoms with van der Waals surface area (Å²) in [4.78, 5) is 31.8. The molecule has 3 amide bonds. The minimum Gasteiger partial charge on any atom is -0.338 e. The third kappa shape index (κ3) is 3.30. The fraction of sp³-hybridized carbons (Fsp3) is 0.500. The van der Waals surface area contributed by atoms with Gasteiger partial charge in [0.05, 0.1) is 5.69 Å². The Balaban J connectivity index is 1.49. The molecular formula is C14H19N5O2. The van der Waals surface area contributed by atoms with Crippen LogP contribution in [-0.4, -0.2) is 65.5 Å². The number of urea groups is 1. The number of amides is 3. The fourth-order valence-corrected chi connectivity index (χ4v) is 2.67. The van der Waals surface area contributed by atoms with Gasteiger partial charge in [0.2, 0.25) is 5.91 Å². The van der Waals surface area contributed by atoms with Crippen LogP contribution < -0.4 is 10.6 Å². The average molecular weight is 289 g/mol. The first-order valence-electron chi connectivity index (χ1n) is 7.18. The van der Waals surface area contributed by atoms with Crippen molar-refractivity contribution < 1.29 is 9.59 Å². The molecule has 3 heterocycles. The van der Waals surface area contributed by atoms with Crippen LogP contribution in [0.3, 0.4) is 0 Å². The molecule has 0 spiro atoms. The van der Waals surface area contributed by atoms with Crippen LogP contribution >= 0.6 is 0 Å². The van der Waals surface area contributed by atoms with Gasteiger partial charge in [0.25, 0.3) is 0 Å². The molecule has 7 heteroatoms. The number of pyridine rings is 1. The summed E-state index contributed by atoms with van der Waals surface area (Å²) in [5.74, 6) is 0.00540. The lowest BCUT2D eigenvalue weighted by Gasteiger charge is -2.35. The standard InChI is InChI=1S/C14H19N5O2/c20-13(12-9-16-14(21)17-12)19-7-5-18(6-8-19)10-11-3-1-2-4-15-11/h1-4,12H,5-10H2,(H2,16,17,21)/t12-/m1/s1. The van der Waals surface area contributed by atoms with Gasteiger partial charge in [-0.3, -0.25) is 14.7 Å². The smallest absolute Gasteiger partial charge is 0.315 e. The number of piperazine rings is 1. The zero-order valence-electron chi connectivity index (χ0n) is 11.8. The first kappa shape index (κ1) is 13.8. The third-order valence-electron chi connectivity index (χ3n) is 3.87. The van der Waals surface area contributed by atoms with Crippen molar-refractivity contribution in [3.05, 3.63) is 30.1 Å². The van der Waals surface area contributed by atoms with Crippen LogP contribution in [0.25, 0.3) is 0 Å². The van der Waals surface area contributed by atoms with Crippen LogP contribution in [0, 0.1) is 0 Å². The topological polar surface area (TPSA) is 77.6 Å². The predicted octanol–water partition coefficient (Wildman–Crippen LogP) is -0.593. The van der Waals surface area contributed by atoms with E-state index in [4.69, 9.17) is 0 Å². The summed E-state index contributed by atoms with van der Waals surface area (Å²) in [6, 6.07) is 5.22. The second kappa shape index (κ2) is 6.09. The second-order valence-electron chi connectivity index (χ2n) is 5.33. The lowest BCUT2D eigenvalue weighted by molar-refractivity contribution is -0.134. The van der Waals surface area contributed by atoms with Gasteiger partial charge in [0, 0.05) is 45.5 Å². The molecule has 0 aliphatic carbocycles. The highest BCUT2D eigenvalue weighted by Crippen LogP contribution is 2.08. The summed E-state index contributed by atoms with van der Waals surface area (Å²) in [7, 11) is 0. The summed E-state index contributed by atoms with van der Waals surface area (Å²) in [6.45, 7) is 4.24. The van der Waals surface area contributed by atoms with Gasteiger partial charge in [-0.2, -0.15) is 0 Å². The molecule has 7 nitrogen and oxygen atoms in total. The molecule has 112 valence electrons. The molecule has 0 bridgehead atoms. The Morgan fingerprint density at radius 1 is 1.29 bits per heavy atom. The molecule has 1 atom stereocenters. The van der Waals surface area contributed by atoms with Crippen LogP contribution in [0.5, 0.6) is 0 Å². The molecular weight excluding hydrogens is 270 g/mol. The summed E-state index contributed by atoms with van der Waals surface area (Å²) in [5, 5.41) is 5.25. The molecule has 3 rings (SSSR count). The van der Waals surface area contributed by atoms with Crippen molar-refractivity contribution >= 4 is 11.9 Å². The number of rotatable bonds is 3. The predicted molar refractivity (Wildman–Crippen MR) is 76.4 cm³/mol. The van der Waals surface area contributed by atoms with Crippen LogP contribution in [0.4, 0.5) is 4.79 Å². The Hall–Kier alpha value is -2.15. The molecule has 2 saturated heterocycles. The highest BCUT2D eigenvalue weighted by Gasteiger charge is 2.32. The lowest BCUT2D eigenvalue weighted by atomic mass is 10.2. The lowest BCUT2D eigenvalue weighted by Crippen LogP contribution is -2.53. The zero-order chi connectivity index (χ0) is 14.7. The normalized spacial score (nSPS) is 22.8. The van der Waals surface area contributed by atoms with Crippen molar-refractivity contribution in [2.75, 3.05) is 32.7 Å². The highest BCUT2D eigenvalue weighted by molar-refractivity contribution is 5.90. The van der Waals surface area contributed by atoms with Gasteiger partial charge in [0.15, 0.2) is 0 Å². The second-order valence-corrected chi connectivity index (χ2v) is 5.33. The first-order valence-corrected chi connectivity index (χ1v) is 7.18. The van der Waals surface area contributed by atoms with E-state index in [0.29, 0.717) is 19.6 Å². The van der Waals surface area contributed by atoms with Crippen molar-refractivity contribution in [2.45, 2.75) is 12.6 Å². The fourth-order valence-electron chi connectivity index (χ4n) is 2.67. The number of hydrogen-bond donors (Lipinski definition) is 2. The number of aromatic nitrogens is 1. The SMILES string of the molecule is O=C1NC[C@H](C(=O)N2CCN(Cc3ccccn3)CC2)N1. The zero-order valence-corrected chi connectivity index (χ0v) is 11.8. The van der Waals surface area contributed by atoms with E-state index in [1.165, 1.54) is 0 Å². The van der Waals surface area contributed by atoms with E-state index in [1.807, 2.05) is 23.1 Å². The van der Waals surface area contributed by atoms with E-state index in [1.54, 1.807) is 6.20 Å². The van der Waals surface area contributed by atoms with Crippen molar-refractivity contribution in [3.8, 4) is 0 Å². The monoisotopic (exact) mass is 289 g/mol. The molecule has 2 aliphatic heterocycles. The maximum absolute atomic E-state index is 12.3. The van der Waals surface area contributed by atoms with Crippen LogP contribution in [0.1, 0.15) is 5.69 Å². The Kier molecular flexibility index (Phi) is 4.01. The number of carbonyl (C=O) groups excluding carboxylic acids is 2. The van der Waals surface area contributed by atoms with Crippen molar-refractivity contribution in [1.29, 1.82) is 0 Å². The molecule has 2 aliphatic rings. The van der Waals surface area contributed by atoms with Crippen molar-refractivity contribution in [3.63, 3.8) is 0 Å². The van der Waals surface area contributed by atoms with E-state index in [-0.39, 0.29) is 11.9 Å². The van der Waals surface area contributed by atoms with E-state index in [9.17, 15) is 9.59 Å². The summed E-state index contributed by atoms with van der Waals surface area (Å²) >= 11 is 0. The molecule has 0 unspecified atom stereocenters. The molecule has 0 radical (unpaired) electrons. The minimum absolute atomic E-state index is 0.00540. The number of carbonyl (C=O) groups is 2. The molecule has 0 aromatic carbocycles. The average Bonchev–Trinajstić information content (AvgIpc) is 2.95. The Labute approximate surface area is 123 Å². The number of nitrogens with zero attached hydrogens (tertiary/aromatic N) is 3. The van der Waals surface area contributed by atoms with Crippen molar-refractivity contribution in [1.82, 2.24) is 25.4 Å². The molecule has 1 aromatic rings. The maximum Gasteiger partial charge on any atom is 0.315 e. The molecule has 2 fully saturated rings. The van der Waals surface area contributed by atoms with Crippen molar-refractivity contribution in [2.24, 2.45) is 0 Å². The van der Waals surface area contributed by atoms with Gasteiger partial charge in [0.1, 0.15) is 6.04 Å². The van der Waals surface area contributed by atoms with E-state index in [0.717, 1.165) is 25.3 Å². The number of nitrogens with one attached hydrogen (secondary N) is 2. The minimum atomic E-state index is -0.417. The van der Waals surface area contributed by atoms with Gasteiger partial charge in [-0.05, 0) is 12.1 Å². The summed E-state index contributed by atoms with van der Waals surface area (Å²) < 4.78 is 0. The van der Waals surface area contributed by atoms with Gasteiger partial charge in [-0.1, -0.05) is 6.07 Å². The Bertz CT molecular complexity index is 513. The van der Waals surface area contributed by atoms with Gasteiger partial charge in [-0.15, -0.1) is 0 Å². The Morgan fingerprint density at radius 2 is 2.10 bits per heavy atom. The maximum atomic E-state index is 12.3.